The summed E-state index contributed by atoms with van der Waals surface area (Å²) in [6.07, 6.45) is -4.84. The van der Waals surface area contributed by atoms with E-state index < -0.39 is 38.2 Å². The third-order valence-electron chi connectivity index (χ3n) is 3.96. The minimum atomic E-state index is -4.84. The molecule has 0 aliphatic carbocycles. The van der Waals surface area contributed by atoms with Gasteiger partial charge in [0.15, 0.2) is 0 Å². The Balaban J connectivity index is 1.98. The Bertz CT molecular complexity index is 762. The highest BCUT2D eigenvalue weighted by atomic mass is 32.2. The van der Waals surface area contributed by atoms with Crippen LogP contribution < -0.4 is 0 Å². The molecule has 0 bridgehead atoms. The Kier molecular flexibility index (Phi) is 3.47. The highest BCUT2D eigenvalue weighted by molar-refractivity contribution is 7.89. The van der Waals surface area contributed by atoms with Gasteiger partial charge < -0.3 is 9.84 Å². The molecule has 2 heterocycles. The molecule has 0 radical (unpaired) electrons. The second-order valence-corrected chi connectivity index (χ2v) is 7.75. The molecular formula is C13H12F3NO5S. The topological polar surface area (TPSA) is 83.9 Å². The van der Waals surface area contributed by atoms with Gasteiger partial charge in [-0.15, -0.1) is 0 Å². The van der Waals surface area contributed by atoms with Gasteiger partial charge in [-0.3, -0.25) is 0 Å². The second kappa shape index (κ2) is 4.92. The van der Waals surface area contributed by atoms with Crippen molar-refractivity contribution in [3.8, 4) is 0 Å². The molecule has 0 amide bonds. The molecule has 1 N–H and O–H groups in total. The first kappa shape index (κ1) is 16.2. The van der Waals surface area contributed by atoms with E-state index in [2.05, 4.69) is 0 Å². The van der Waals surface area contributed by atoms with Gasteiger partial charge in [-0.1, -0.05) is 0 Å². The number of rotatable bonds is 3. The van der Waals surface area contributed by atoms with E-state index in [0.29, 0.717) is 25.3 Å². The van der Waals surface area contributed by atoms with Gasteiger partial charge in [0, 0.05) is 18.5 Å². The number of benzene rings is 1. The highest BCUT2D eigenvalue weighted by Crippen LogP contribution is 2.41. The minimum absolute atomic E-state index is 0.161. The van der Waals surface area contributed by atoms with Crippen LogP contribution in [-0.4, -0.2) is 50.1 Å². The predicted molar refractivity (Wildman–Crippen MR) is 70.4 cm³/mol. The van der Waals surface area contributed by atoms with Gasteiger partial charge in [-0.05, 0) is 18.2 Å². The van der Waals surface area contributed by atoms with Crippen LogP contribution in [0.2, 0.25) is 0 Å². The maximum absolute atomic E-state index is 12.9. The van der Waals surface area contributed by atoms with E-state index in [1.807, 2.05) is 0 Å². The zero-order valence-electron chi connectivity index (χ0n) is 11.6. The summed E-state index contributed by atoms with van der Waals surface area (Å²) in [6, 6.07) is 1.62. The van der Waals surface area contributed by atoms with E-state index in [1.54, 1.807) is 0 Å². The molecule has 6 nitrogen and oxygen atoms in total. The molecular weight excluding hydrogens is 339 g/mol. The number of hydrogen-bond donors (Lipinski definition) is 1. The number of carbonyl (C=O) groups is 1. The number of aromatic carboxylic acids is 1. The maximum atomic E-state index is 12.9. The van der Waals surface area contributed by atoms with Crippen molar-refractivity contribution in [1.82, 2.24) is 4.31 Å². The van der Waals surface area contributed by atoms with Gasteiger partial charge in [0.25, 0.3) is 0 Å². The zero-order chi connectivity index (χ0) is 17.0. The van der Waals surface area contributed by atoms with E-state index in [9.17, 15) is 26.4 Å². The molecule has 2 aliphatic rings. The van der Waals surface area contributed by atoms with Crippen LogP contribution in [0.4, 0.5) is 13.2 Å². The van der Waals surface area contributed by atoms with Crippen molar-refractivity contribution >= 4 is 16.0 Å². The molecule has 1 aromatic rings. The summed E-state index contributed by atoms with van der Waals surface area (Å²) in [4.78, 5) is 10.3. The van der Waals surface area contributed by atoms with Gasteiger partial charge in [0.2, 0.25) is 10.0 Å². The molecule has 0 saturated carbocycles. The lowest BCUT2D eigenvalue weighted by Crippen LogP contribution is -2.66. The summed E-state index contributed by atoms with van der Waals surface area (Å²) in [7, 11) is -4.17. The van der Waals surface area contributed by atoms with Crippen LogP contribution in [0.15, 0.2) is 23.1 Å². The van der Waals surface area contributed by atoms with E-state index in [1.165, 1.54) is 0 Å². The van der Waals surface area contributed by atoms with E-state index in [0.717, 1.165) is 10.4 Å². The standard InChI is InChI=1S/C13H12F3NO5S/c14-13(15,16)9-1-8(11(18)19)2-10(3-9)23(20,21)17-4-12(5-17)6-22-7-12/h1-3H,4-7H2,(H,18,19). The average molecular weight is 351 g/mol. The molecule has 0 unspecified atom stereocenters. The predicted octanol–water partition coefficient (Wildman–Crippen LogP) is 1.42. The summed E-state index contributed by atoms with van der Waals surface area (Å²) >= 11 is 0. The lowest BCUT2D eigenvalue weighted by molar-refractivity contribution is -0.166. The summed E-state index contributed by atoms with van der Waals surface area (Å²) in [5, 5.41) is 8.91. The van der Waals surface area contributed by atoms with Crippen LogP contribution in [0, 0.1) is 5.41 Å². The largest absolute Gasteiger partial charge is 0.478 e. The number of alkyl halides is 3. The Morgan fingerprint density at radius 3 is 2.26 bits per heavy atom. The first-order chi connectivity index (χ1) is 10.5. The van der Waals surface area contributed by atoms with Crippen molar-refractivity contribution in [2.45, 2.75) is 11.1 Å². The third-order valence-corrected chi connectivity index (χ3v) is 5.73. The molecule has 0 aromatic heterocycles. The normalized spacial score (nSPS) is 20.8. The molecule has 2 fully saturated rings. The van der Waals surface area contributed by atoms with Crippen LogP contribution in [0.25, 0.3) is 0 Å². The summed E-state index contributed by atoms with van der Waals surface area (Å²) < 4.78 is 69.5. The summed E-state index contributed by atoms with van der Waals surface area (Å²) in [6.45, 7) is 1.16. The minimum Gasteiger partial charge on any atom is -0.478 e. The van der Waals surface area contributed by atoms with Gasteiger partial charge >= 0.3 is 12.1 Å². The van der Waals surface area contributed by atoms with Gasteiger partial charge in [0.1, 0.15) is 0 Å². The van der Waals surface area contributed by atoms with Gasteiger partial charge in [0.05, 0.1) is 29.2 Å². The van der Waals surface area contributed by atoms with Crippen LogP contribution in [0.5, 0.6) is 0 Å². The quantitative estimate of drug-likeness (QED) is 0.891. The van der Waals surface area contributed by atoms with Crippen molar-refractivity contribution in [1.29, 1.82) is 0 Å². The van der Waals surface area contributed by atoms with Crippen LogP contribution in [-0.2, 0) is 20.9 Å². The van der Waals surface area contributed by atoms with Crippen molar-refractivity contribution in [3.63, 3.8) is 0 Å². The molecule has 23 heavy (non-hydrogen) atoms. The molecule has 2 saturated heterocycles. The van der Waals surface area contributed by atoms with E-state index in [-0.39, 0.29) is 18.5 Å². The molecule has 1 spiro atoms. The Labute approximate surface area is 129 Å². The fourth-order valence-corrected chi connectivity index (χ4v) is 4.37. The zero-order valence-corrected chi connectivity index (χ0v) is 12.4. The monoisotopic (exact) mass is 351 g/mol. The summed E-state index contributed by atoms with van der Waals surface area (Å²) in [5.41, 5.74) is -2.27. The van der Waals surface area contributed by atoms with E-state index >= 15 is 0 Å². The number of sulfonamides is 1. The van der Waals surface area contributed by atoms with Crippen molar-refractivity contribution < 1.29 is 36.2 Å². The van der Waals surface area contributed by atoms with E-state index in [4.69, 9.17) is 9.84 Å². The lowest BCUT2D eigenvalue weighted by Gasteiger charge is -2.53. The van der Waals surface area contributed by atoms with Crippen molar-refractivity contribution in [3.05, 3.63) is 29.3 Å². The van der Waals surface area contributed by atoms with Crippen LogP contribution in [0.3, 0.4) is 0 Å². The molecule has 0 atom stereocenters. The molecule has 126 valence electrons. The second-order valence-electron chi connectivity index (χ2n) is 5.81. The number of carboxylic acids is 1. The highest BCUT2D eigenvalue weighted by Gasteiger charge is 2.53. The number of hydrogen-bond acceptors (Lipinski definition) is 4. The Hall–Kier alpha value is -1.65. The number of carboxylic acid groups (broad SMARTS) is 1. The van der Waals surface area contributed by atoms with Crippen molar-refractivity contribution in [2.24, 2.45) is 5.41 Å². The number of halogens is 3. The Morgan fingerprint density at radius 2 is 1.83 bits per heavy atom. The Morgan fingerprint density at radius 1 is 1.22 bits per heavy atom. The SMILES string of the molecule is O=C(O)c1cc(C(F)(F)F)cc(S(=O)(=O)N2CC3(COC3)C2)c1. The van der Waals surface area contributed by atoms with Gasteiger partial charge in [-0.25, -0.2) is 13.2 Å². The number of ether oxygens (including phenoxy) is 1. The molecule has 1 aromatic carbocycles. The maximum Gasteiger partial charge on any atom is 0.416 e. The smallest absolute Gasteiger partial charge is 0.416 e. The van der Waals surface area contributed by atoms with Crippen LogP contribution >= 0.6 is 0 Å². The molecule has 2 aliphatic heterocycles. The first-order valence-corrected chi connectivity index (χ1v) is 8.01. The van der Waals surface area contributed by atoms with Crippen LogP contribution in [0.1, 0.15) is 15.9 Å². The molecule has 3 rings (SSSR count). The molecule has 10 heteroatoms. The van der Waals surface area contributed by atoms with Crippen molar-refractivity contribution in [2.75, 3.05) is 26.3 Å². The first-order valence-electron chi connectivity index (χ1n) is 6.57. The summed E-state index contributed by atoms with van der Waals surface area (Å²) in [5.74, 6) is -1.62. The lowest BCUT2D eigenvalue weighted by atomic mass is 9.80. The number of nitrogens with zero attached hydrogens (tertiary/aromatic N) is 1. The van der Waals surface area contributed by atoms with Gasteiger partial charge in [-0.2, -0.15) is 17.5 Å². The fraction of sp³-hybridized carbons (Fsp3) is 0.462. The third kappa shape index (κ3) is 2.70. The average Bonchev–Trinajstić information content (AvgIpc) is 2.33. The fourth-order valence-electron chi connectivity index (χ4n) is 2.63.